The van der Waals surface area contributed by atoms with Gasteiger partial charge < -0.3 is 23.8 Å². The highest BCUT2D eigenvalue weighted by Crippen LogP contribution is 2.33. The molecule has 0 saturated carbocycles. The van der Waals surface area contributed by atoms with Crippen LogP contribution in [0.4, 0.5) is 18.9 Å². The number of pyridine rings is 1. The molecular weight excluding hydrogens is 635 g/mol. The Labute approximate surface area is 282 Å². The van der Waals surface area contributed by atoms with E-state index in [2.05, 4.69) is 22.0 Å². The summed E-state index contributed by atoms with van der Waals surface area (Å²) < 4.78 is 52.5. The smallest absolute Gasteiger partial charge is 0.416 e. The highest BCUT2D eigenvalue weighted by atomic mass is 19.4. The Morgan fingerprint density at radius 1 is 0.898 bits per heavy atom. The number of ether oxygens (including phenoxy) is 2. The maximum Gasteiger partial charge on any atom is 0.416 e. The summed E-state index contributed by atoms with van der Waals surface area (Å²) in [7, 11) is 5.05. The molecule has 5 aromatic rings. The highest BCUT2D eigenvalue weighted by molar-refractivity contribution is 6.05. The van der Waals surface area contributed by atoms with Gasteiger partial charge in [-0.05, 0) is 78.7 Å². The molecule has 0 radical (unpaired) electrons. The molecular formula is C37H36F3N5O4. The van der Waals surface area contributed by atoms with Crippen molar-refractivity contribution in [2.45, 2.75) is 19.6 Å². The van der Waals surface area contributed by atoms with Gasteiger partial charge in [-0.15, -0.1) is 0 Å². The minimum atomic E-state index is -4.49. The molecule has 254 valence electrons. The fraction of sp³-hybridized carbons (Fsp3) is 0.270. The Hall–Kier alpha value is -5.36. The SMILES string of the molecule is COc1ccc(CN2CCN(C(=O)c3cc4cc(Oc5ccc(N(C)C(=O)c6ccc(C(F)(F)F)c(C)c6)cn5)ccc4n3C)CC2)cc1. The summed E-state index contributed by atoms with van der Waals surface area (Å²) in [6.07, 6.45) is -3.03. The molecule has 1 fully saturated rings. The molecule has 1 aliphatic rings. The second kappa shape index (κ2) is 13.6. The van der Waals surface area contributed by atoms with Crippen LogP contribution in [0.1, 0.15) is 37.5 Å². The van der Waals surface area contributed by atoms with Crippen molar-refractivity contribution in [3.63, 3.8) is 0 Å². The van der Waals surface area contributed by atoms with Gasteiger partial charge in [0.15, 0.2) is 0 Å². The van der Waals surface area contributed by atoms with E-state index in [0.717, 1.165) is 42.4 Å². The van der Waals surface area contributed by atoms with Crippen molar-refractivity contribution >= 4 is 28.4 Å². The number of hydrogen-bond acceptors (Lipinski definition) is 6. The largest absolute Gasteiger partial charge is 0.497 e. The number of benzene rings is 3. The number of nitrogens with zero attached hydrogens (tertiary/aromatic N) is 5. The van der Waals surface area contributed by atoms with Crippen LogP contribution in [0.5, 0.6) is 17.4 Å². The molecule has 0 N–H and O–H groups in total. The third-order valence-electron chi connectivity index (χ3n) is 8.87. The van der Waals surface area contributed by atoms with Gasteiger partial charge in [0.2, 0.25) is 5.88 Å². The number of carbonyl (C=O) groups excluding carboxylic acids is 2. The van der Waals surface area contributed by atoms with E-state index in [0.29, 0.717) is 30.2 Å². The first-order valence-electron chi connectivity index (χ1n) is 15.7. The molecule has 2 amide bonds. The van der Waals surface area contributed by atoms with Crippen LogP contribution in [0.25, 0.3) is 10.9 Å². The zero-order chi connectivity index (χ0) is 34.9. The zero-order valence-electron chi connectivity index (χ0n) is 27.6. The van der Waals surface area contributed by atoms with Gasteiger partial charge in [-0.3, -0.25) is 14.5 Å². The van der Waals surface area contributed by atoms with Gasteiger partial charge in [0.05, 0.1) is 24.6 Å². The van der Waals surface area contributed by atoms with E-state index in [9.17, 15) is 22.8 Å². The Bertz CT molecular complexity index is 1980. The van der Waals surface area contributed by atoms with Crippen LogP contribution in [0, 0.1) is 6.92 Å². The number of fused-ring (bicyclic) bond motifs is 1. The summed E-state index contributed by atoms with van der Waals surface area (Å²) in [5, 5.41) is 0.843. The minimum absolute atomic E-state index is 0.0207. The monoisotopic (exact) mass is 671 g/mol. The Balaban J connectivity index is 1.08. The van der Waals surface area contributed by atoms with Crippen molar-refractivity contribution in [1.82, 2.24) is 19.4 Å². The molecule has 3 aromatic carbocycles. The molecule has 0 bridgehead atoms. The van der Waals surface area contributed by atoms with Gasteiger partial charge in [0.25, 0.3) is 11.8 Å². The standard InChI is InChI=1S/C37H36F3N5O4/c1-24-19-26(7-12-31(24)37(38,39)40)35(46)42(2)28-8-14-34(41-22-28)49-30-11-13-32-27(20-30)21-33(43(32)3)36(47)45-17-15-44(16-18-45)23-25-5-9-29(48-4)10-6-25/h5-14,19-22H,15-18,23H2,1-4H3. The fourth-order valence-electron chi connectivity index (χ4n) is 6.03. The lowest BCUT2D eigenvalue weighted by atomic mass is 10.0. The van der Waals surface area contributed by atoms with Crippen LogP contribution in [0.2, 0.25) is 0 Å². The molecule has 0 unspecified atom stereocenters. The molecule has 6 rings (SSSR count). The van der Waals surface area contributed by atoms with Gasteiger partial charge in [-0.1, -0.05) is 12.1 Å². The van der Waals surface area contributed by atoms with Crippen molar-refractivity contribution in [2.75, 3.05) is 45.2 Å². The number of carbonyl (C=O) groups is 2. The second-order valence-corrected chi connectivity index (χ2v) is 12.1. The number of methoxy groups -OCH3 is 1. The maximum absolute atomic E-state index is 13.6. The third kappa shape index (κ3) is 7.24. The van der Waals surface area contributed by atoms with Crippen LogP contribution in [-0.4, -0.2) is 71.5 Å². The second-order valence-electron chi connectivity index (χ2n) is 12.1. The number of amides is 2. The van der Waals surface area contributed by atoms with E-state index in [4.69, 9.17) is 9.47 Å². The quantitative estimate of drug-likeness (QED) is 0.178. The average Bonchev–Trinajstić information content (AvgIpc) is 3.42. The van der Waals surface area contributed by atoms with Gasteiger partial charge in [-0.25, -0.2) is 4.98 Å². The molecule has 1 saturated heterocycles. The van der Waals surface area contributed by atoms with Crippen LogP contribution < -0.4 is 14.4 Å². The van der Waals surface area contributed by atoms with Gasteiger partial charge >= 0.3 is 6.18 Å². The molecule has 9 nitrogen and oxygen atoms in total. The minimum Gasteiger partial charge on any atom is -0.497 e. The lowest BCUT2D eigenvalue weighted by molar-refractivity contribution is -0.138. The number of aromatic nitrogens is 2. The number of piperazine rings is 1. The van der Waals surface area contributed by atoms with Crippen LogP contribution in [-0.2, 0) is 19.8 Å². The first kappa shape index (κ1) is 33.5. The van der Waals surface area contributed by atoms with Crippen molar-refractivity contribution in [2.24, 2.45) is 7.05 Å². The Morgan fingerprint density at radius 3 is 2.24 bits per heavy atom. The molecule has 12 heteroatoms. The predicted octanol–water partition coefficient (Wildman–Crippen LogP) is 6.94. The number of hydrogen-bond donors (Lipinski definition) is 0. The number of halogens is 3. The van der Waals surface area contributed by atoms with E-state index in [1.165, 1.54) is 42.8 Å². The van der Waals surface area contributed by atoms with E-state index >= 15 is 0 Å². The molecule has 0 spiro atoms. The summed E-state index contributed by atoms with van der Waals surface area (Å²) >= 11 is 0. The summed E-state index contributed by atoms with van der Waals surface area (Å²) in [5.41, 5.74) is 2.45. The summed E-state index contributed by atoms with van der Waals surface area (Å²) in [5.74, 6) is 1.15. The number of anilines is 1. The molecule has 3 heterocycles. The van der Waals surface area contributed by atoms with E-state index in [1.54, 1.807) is 25.3 Å². The van der Waals surface area contributed by atoms with Crippen LogP contribution >= 0.6 is 0 Å². The molecule has 1 aliphatic heterocycles. The number of rotatable bonds is 8. The normalized spacial score (nSPS) is 13.8. The van der Waals surface area contributed by atoms with Crippen LogP contribution in [0.3, 0.4) is 0 Å². The van der Waals surface area contributed by atoms with Crippen molar-refractivity contribution in [1.29, 1.82) is 0 Å². The fourth-order valence-corrected chi connectivity index (χ4v) is 6.03. The van der Waals surface area contributed by atoms with Crippen LogP contribution in [0.15, 0.2) is 85.1 Å². The van der Waals surface area contributed by atoms with E-state index in [-0.39, 0.29) is 22.9 Å². The van der Waals surface area contributed by atoms with Crippen molar-refractivity contribution in [3.05, 3.63) is 113 Å². The number of aryl methyl sites for hydroxylation is 2. The van der Waals surface area contributed by atoms with Gasteiger partial charge in [-0.2, -0.15) is 13.2 Å². The topological polar surface area (TPSA) is 80.1 Å². The predicted molar refractivity (Wildman–Crippen MR) is 180 cm³/mol. The first-order valence-corrected chi connectivity index (χ1v) is 15.7. The summed E-state index contributed by atoms with van der Waals surface area (Å²) in [4.78, 5) is 36.4. The Kier molecular flexibility index (Phi) is 9.33. The summed E-state index contributed by atoms with van der Waals surface area (Å²) in [6, 6.07) is 22.0. The van der Waals surface area contributed by atoms with Gasteiger partial charge in [0, 0.05) is 69.4 Å². The lowest BCUT2D eigenvalue weighted by Gasteiger charge is -2.34. The molecule has 0 atom stereocenters. The zero-order valence-corrected chi connectivity index (χ0v) is 27.6. The maximum atomic E-state index is 13.6. The molecule has 0 aliphatic carbocycles. The highest BCUT2D eigenvalue weighted by Gasteiger charge is 2.32. The Morgan fingerprint density at radius 2 is 1.61 bits per heavy atom. The third-order valence-corrected chi connectivity index (χ3v) is 8.87. The van der Waals surface area contributed by atoms with Crippen molar-refractivity contribution < 1.29 is 32.2 Å². The van der Waals surface area contributed by atoms with E-state index in [1.807, 2.05) is 46.8 Å². The molecule has 2 aromatic heterocycles. The first-order chi connectivity index (χ1) is 23.4. The average molecular weight is 672 g/mol. The van der Waals surface area contributed by atoms with Gasteiger partial charge in [0.1, 0.15) is 17.2 Å². The van der Waals surface area contributed by atoms with Crippen molar-refractivity contribution in [3.8, 4) is 17.4 Å². The van der Waals surface area contributed by atoms with E-state index < -0.39 is 17.6 Å². The lowest BCUT2D eigenvalue weighted by Crippen LogP contribution is -2.48. The molecule has 49 heavy (non-hydrogen) atoms. The summed E-state index contributed by atoms with van der Waals surface area (Å²) in [6.45, 7) is 4.98. The number of alkyl halides is 3.